The predicted octanol–water partition coefficient (Wildman–Crippen LogP) is 0.396. The molecular formula is C11H25N3O. The van der Waals surface area contributed by atoms with Crippen molar-refractivity contribution >= 4 is 5.91 Å². The summed E-state index contributed by atoms with van der Waals surface area (Å²) in [6.07, 6.45) is 1.01. The van der Waals surface area contributed by atoms with Crippen LogP contribution in [0.25, 0.3) is 0 Å². The highest BCUT2D eigenvalue weighted by Gasteiger charge is 2.07. The minimum Gasteiger partial charge on any atom is -0.356 e. The average Bonchev–Trinajstić information content (AvgIpc) is 2.20. The van der Waals surface area contributed by atoms with E-state index in [9.17, 15) is 4.79 Å². The topological polar surface area (TPSA) is 35.6 Å². The molecule has 1 heterocycles. The van der Waals surface area contributed by atoms with Crippen LogP contribution in [-0.2, 0) is 4.79 Å². The molecule has 0 saturated carbocycles. The van der Waals surface area contributed by atoms with Crippen molar-refractivity contribution in [2.45, 2.75) is 20.3 Å². The Morgan fingerprint density at radius 2 is 1.53 bits per heavy atom. The summed E-state index contributed by atoms with van der Waals surface area (Å²) in [5.41, 5.74) is 0. The molecule has 1 aliphatic heterocycles. The lowest BCUT2D eigenvalue weighted by Gasteiger charge is -2.28. The van der Waals surface area contributed by atoms with Gasteiger partial charge in [-0.3, -0.25) is 4.79 Å². The smallest absolute Gasteiger partial charge is 0.216 e. The Labute approximate surface area is 93.6 Å². The summed E-state index contributed by atoms with van der Waals surface area (Å²) in [5, 5.41) is 2.66. The molecule has 0 aromatic carbocycles. The molecule has 0 unspecified atom stereocenters. The third kappa shape index (κ3) is 9.69. The van der Waals surface area contributed by atoms with Gasteiger partial charge in [0.2, 0.25) is 5.91 Å². The average molecular weight is 215 g/mol. The number of nitrogens with zero attached hydrogens (tertiary/aromatic N) is 2. The number of carbonyl (C=O) groups is 1. The molecule has 0 radical (unpaired) electrons. The number of nitrogens with one attached hydrogen (secondary N) is 1. The van der Waals surface area contributed by atoms with Crippen LogP contribution >= 0.6 is 0 Å². The SMILES string of the molecule is CCCNC(C)=O.CN1CCN(C)CC1. The van der Waals surface area contributed by atoms with E-state index in [2.05, 4.69) is 29.2 Å². The normalized spacial score (nSPS) is 17.9. The second-order valence-corrected chi connectivity index (χ2v) is 4.09. The van der Waals surface area contributed by atoms with Gasteiger partial charge < -0.3 is 15.1 Å². The van der Waals surface area contributed by atoms with Crippen molar-refractivity contribution in [2.75, 3.05) is 46.8 Å². The van der Waals surface area contributed by atoms with Gasteiger partial charge in [-0.1, -0.05) is 6.92 Å². The number of likely N-dealkylation sites (N-methyl/N-ethyl adjacent to an activating group) is 2. The largest absolute Gasteiger partial charge is 0.356 e. The van der Waals surface area contributed by atoms with Crippen molar-refractivity contribution in [3.63, 3.8) is 0 Å². The fourth-order valence-electron chi connectivity index (χ4n) is 1.21. The standard InChI is InChI=1S/C6H14N2.C5H11NO/c1-7-3-5-8(2)6-4-7;1-3-4-6-5(2)7/h3-6H2,1-2H3;3-4H2,1-2H3,(H,6,7). The number of hydrogen-bond donors (Lipinski definition) is 1. The first kappa shape index (κ1) is 14.4. The van der Waals surface area contributed by atoms with Gasteiger partial charge in [-0.05, 0) is 20.5 Å². The molecule has 90 valence electrons. The Hall–Kier alpha value is -0.610. The molecule has 0 aromatic rings. The van der Waals surface area contributed by atoms with E-state index in [1.807, 2.05) is 6.92 Å². The first-order valence-corrected chi connectivity index (χ1v) is 5.67. The summed E-state index contributed by atoms with van der Waals surface area (Å²) in [4.78, 5) is 14.8. The first-order chi connectivity index (χ1) is 7.06. The van der Waals surface area contributed by atoms with Crippen LogP contribution in [0.4, 0.5) is 0 Å². The molecule has 0 atom stereocenters. The molecule has 0 aliphatic carbocycles. The van der Waals surface area contributed by atoms with Gasteiger partial charge in [0.25, 0.3) is 0 Å². The van der Waals surface area contributed by atoms with E-state index in [4.69, 9.17) is 0 Å². The molecule has 15 heavy (non-hydrogen) atoms. The van der Waals surface area contributed by atoms with Gasteiger partial charge >= 0.3 is 0 Å². The molecule has 4 nitrogen and oxygen atoms in total. The number of amides is 1. The van der Waals surface area contributed by atoms with Gasteiger partial charge in [-0.25, -0.2) is 0 Å². The summed E-state index contributed by atoms with van der Waals surface area (Å²) in [7, 11) is 4.35. The minimum atomic E-state index is 0.0573. The van der Waals surface area contributed by atoms with Crippen LogP contribution in [0.3, 0.4) is 0 Å². The van der Waals surface area contributed by atoms with Gasteiger partial charge in [0, 0.05) is 39.6 Å². The van der Waals surface area contributed by atoms with Gasteiger partial charge in [0.1, 0.15) is 0 Å². The maximum atomic E-state index is 10.1. The quantitative estimate of drug-likeness (QED) is 0.724. The Bertz CT molecular complexity index is 155. The van der Waals surface area contributed by atoms with Crippen LogP contribution < -0.4 is 5.32 Å². The van der Waals surface area contributed by atoms with E-state index < -0.39 is 0 Å². The zero-order valence-electron chi connectivity index (χ0n) is 10.5. The van der Waals surface area contributed by atoms with Crippen molar-refractivity contribution in [2.24, 2.45) is 0 Å². The molecule has 1 rings (SSSR count). The Morgan fingerprint density at radius 1 is 1.13 bits per heavy atom. The van der Waals surface area contributed by atoms with Crippen molar-refractivity contribution in [3.8, 4) is 0 Å². The van der Waals surface area contributed by atoms with Gasteiger partial charge in [0.05, 0.1) is 0 Å². The van der Waals surface area contributed by atoms with E-state index in [1.165, 1.54) is 33.1 Å². The Kier molecular flexibility index (Phi) is 8.33. The fraction of sp³-hybridized carbons (Fsp3) is 0.909. The fourth-order valence-corrected chi connectivity index (χ4v) is 1.21. The second kappa shape index (κ2) is 8.68. The molecule has 1 amide bonds. The molecule has 0 spiro atoms. The molecular weight excluding hydrogens is 190 g/mol. The molecule has 1 saturated heterocycles. The van der Waals surface area contributed by atoms with Crippen LogP contribution in [0.2, 0.25) is 0 Å². The van der Waals surface area contributed by atoms with E-state index in [0.717, 1.165) is 13.0 Å². The van der Waals surface area contributed by atoms with Crippen molar-refractivity contribution in [1.82, 2.24) is 15.1 Å². The number of hydrogen-bond acceptors (Lipinski definition) is 3. The number of piperazine rings is 1. The van der Waals surface area contributed by atoms with Gasteiger partial charge in [0.15, 0.2) is 0 Å². The summed E-state index contributed by atoms with van der Waals surface area (Å²) in [6.45, 7) is 9.28. The zero-order chi connectivity index (χ0) is 11.7. The molecule has 1 fully saturated rings. The van der Waals surface area contributed by atoms with E-state index in [0.29, 0.717) is 0 Å². The minimum absolute atomic E-state index is 0.0573. The number of carbonyl (C=O) groups excluding carboxylic acids is 1. The van der Waals surface area contributed by atoms with Crippen LogP contribution in [0, 0.1) is 0 Å². The Balaban J connectivity index is 0.000000265. The van der Waals surface area contributed by atoms with E-state index in [1.54, 1.807) is 0 Å². The van der Waals surface area contributed by atoms with Gasteiger partial charge in [-0.2, -0.15) is 0 Å². The monoisotopic (exact) mass is 215 g/mol. The van der Waals surface area contributed by atoms with Crippen molar-refractivity contribution in [3.05, 3.63) is 0 Å². The van der Waals surface area contributed by atoms with Crippen LogP contribution in [0.1, 0.15) is 20.3 Å². The first-order valence-electron chi connectivity index (χ1n) is 5.67. The predicted molar refractivity (Wildman–Crippen MR) is 64.0 cm³/mol. The van der Waals surface area contributed by atoms with Crippen LogP contribution in [-0.4, -0.2) is 62.5 Å². The lowest BCUT2D eigenvalue weighted by molar-refractivity contribution is -0.118. The van der Waals surface area contributed by atoms with Crippen molar-refractivity contribution in [1.29, 1.82) is 0 Å². The van der Waals surface area contributed by atoms with Crippen LogP contribution in [0.5, 0.6) is 0 Å². The lowest BCUT2D eigenvalue weighted by Crippen LogP contribution is -2.42. The third-order valence-electron chi connectivity index (χ3n) is 2.35. The van der Waals surface area contributed by atoms with E-state index in [-0.39, 0.29) is 5.91 Å². The van der Waals surface area contributed by atoms with E-state index >= 15 is 0 Å². The third-order valence-corrected chi connectivity index (χ3v) is 2.35. The molecule has 0 aromatic heterocycles. The summed E-state index contributed by atoms with van der Waals surface area (Å²) >= 11 is 0. The lowest BCUT2D eigenvalue weighted by atomic mass is 10.4. The van der Waals surface area contributed by atoms with Gasteiger partial charge in [-0.15, -0.1) is 0 Å². The highest BCUT2D eigenvalue weighted by molar-refractivity contribution is 5.72. The molecule has 4 heteroatoms. The summed E-state index contributed by atoms with van der Waals surface area (Å²) in [6, 6.07) is 0. The highest BCUT2D eigenvalue weighted by atomic mass is 16.1. The van der Waals surface area contributed by atoms with Crippen molar-refractivity contribution < 1.29 is 4.79 Å². The molecule has 0 bridgehead atoms. The Morgan fingerprint density at radius 3 is 1.73 bits per heavy atom. The molecule has 1 aliphatic rings. The summed E-state index contributed by atoms with van der Waals surface area (Å²) < 4.78 is 0. The maximum absolute atomic E-state index is 10.1. The summed E-state index contributed by atoms with van der Waals surface area (Å²) in [5.74, 6) is 0.0573. The number of rotatable bonds is 2. The molecule has 1 N–H and O–H groups in total. The second-order valence-electron chi connectivity index (χ2n) is 4.09. The maximum Gasteiger partial charge on any atom is 0.216 e. The van der Waals surface area contributed by atoms with Crippen LogP contribution in [0.15, 0.2) is 0 Å². The highest BCUT2D eigenvalue weighted by Crippen LogP contribution is 1.93. The zero-order valence-corrected chi connectivity index (χ0v) is 10.5.